The van der Waals surface area contributed by atoms with Crippen molar-refractivity contribution in [2.45, 2.75) is 27.3 Å². The quantitative estimate of drug-likeness (QED) is 0.838. The highest BCUT2D eigenvalue weighted by molar-refractivity contribution is 5.56. The number of rotatable bonds is 4. The zero-order valence-electron chi connectivity index (χ0n) is 12.0. The van der Waals surface area contributed by atoms with E-state index in [1.54, 1.807) is 0 Å². The molecule has 19 heavy (non-hydrogen) atoms. The third-order valence-corrected chi connectivity index (χ3v) is 3.61. The SMILES string of the molecule is CCN(Cc1c(C)cccc1C)c1cccc(N)c1. The van der Waals surface area contributed by atoms with Crippen LogP contribution in [-0.4, -0.2) is 6.54 Å². The summed E-state index contributed by atoms with van der Waals surface area (Å²) in [6.07, 6.45) is 0. The van der Waals surface area contributed by atoms with E-state index >= 15 is 0 Å². The van der Waals surface area contributed by atoms with Crippen molar-refractivity contribution in [1.29, 1.82) is 0 Å². The second-order valence-corrected chi connectivity index (χ2v) is 4.98. The summed E-state index contributed by atoms with van der Waals surface area (Å²) in [5.74, 6) is 0. The Kier molecular flexibility index (Phi) is 4.10. The van der Waals surface area contributed by atoms with Crippen LogP contribution in [-0.2, 0) is 6.54 Å². The van der Waals surface area contributed by atoms with Gasteiger partial charge in [-0.1, -0.05) is 24.3 Å². The number of benzene rings is 2. The molecule has 0 aliphatic carbocycles. The van der Waals surface area contributed by atoms with Crippen LogP contribution < -0.4 is 10.6 Å². The van der Waals surface area contributed by atoms with Crippen LogP contribution in [0.15, 0.2) is 42.5 Å². The minimum absolute atomic E-state index is 0.817. The largest absolute Gasteiger partial charge is 0.399 e. The molecule has 0 unspecified atom stereocenters. The van der Waals surface area contributed by atoms with Gasteiger partial charge in [-0.15, -0.1) is 0 Å². The Balaban J connectivity index is 2.29. The fourth-order valence-corrected chi connectivity index (χ4v) is 2.40. The van der Waals surface area contributed by atoms with Crippen LogP contribution >= 0.6 is 0 Å². The van der Waals surface area contributed by atoms with Crippen molar-refractivity contribution in [3.8, 4) is 0 Å². The molecule has 0 bridgehead atoms. The predicted molar refractivity (Wildman–Crippen MR) is 83.5 cm³/mol. The lowest BCUT2D eigenvalue weighted by Crippen LogP contribution is -2.23. The highest BCUT2D eigenvalue weighted by atomic mass is 15.1. The summed E-state index contributed by atoms with van der Waals surface area (Å²) in [7, 11) is 0. The fraction of sp³-hybridized carbons (Fsp3) is 0.294. The first-order chi connectivity index (χ1) is 9.11. The van der Waals surface area contributed by atoms with Crippen LogP contribution in [0.25, 0.3) is 0 Å². The zero-order valence-corrected chi connectivity index (χ0v) is 12.0. The minimum Gasteiger partial charge on any atom is -0.399 e. The maximum absolute atomic E-state index is 5.88. The molecule has 0 fully saturated rings. The van der Waals surface area contributed by atoms with Gasteiger partial charge in [-0.25, -0.2) is 0 Å². The molecule has 0 amide bonds. The molecule has 0 saturated heterocycles. The van der Waals surface area contributed by atoms with Gasteiger partial charge in [-0.2, -0.15) is 0 Å². The summed E-state index contributed by atoms with van der Waals surface area (Å²) < 4.78 is 0. The molecule has 0 radical (unpaired) electrons. The Morgan fingerprint density at radius 1 is 1.00 bits per heavy atom. The van der Waals surface area contributed by atoms with E-state index in [9.17, 15) is 0 Å². The monoisotopic (exact) mass is 254 g/mol. The lowest BCUT2D eigenvalue weighted by molar-refractivity contribution is 0.822. The molecule has 0 aliphatic rings. The van der Waals surface area contributed by atoms with Crippen molar-refractivity contribution in [1.82, 2.24) is 0 Å². The summed E-state index contributed by atoms with van der Waals surface area (Å²) in [5.41, 5.74) is 12.0. The third-order valence-electron chi connectivity index (χ3n) is 3.61. The average Bonchev–Trinajstić information content (AvgIpc) is 2.38. The molecule has 2 aromatic carbocycles. The maximum Gasteiger partial charge on any atom is 0.0434 e. The third kappa shape index (κ3) is 3.08. The van der Waals surface area contributed by atoms with Crippen molar-refractivity contribution in [2.75, 3.05) is 17.2 Å². The van der Waals surface area contributed by atoms with Crippen molar-refractivity contribution < 1.29 is 0 Å². The van der Waals surface area contributed by atoms with Crippen LogP contribution in [0.3, 0.4) is 0 Å². The Hall–Kier alpha value is -1.96. The fourth-order valence-electron chi connectivity index (χ4n) is 2.40. The number of aryl methyl sites for hydroxylation is 2. The van der Waals surface area contributed by atoms with E-state index in [2.05, 4.69) is 49.9 Å². The zero-order chi connectivity index (χ0) is 13.8. The van der Waals surface area contributed by atoms with Gasteiger partial charge in [0.1, 0.15) is 0 Å². The van der Waals surface area contributed by atoms with Crippen LogP contribution in [0.5, 0.6) is 0 Å². The molecule has 2 nitrogen and oxygen atoms in total. The standard InChI is InChI=1S/C17H22N2/c1-4-19(16-10-6-9-15(18)11-16)12-17-13(2)7-5-8-14(17)3/h5-11H,4,12,18H2,1-3H3. The van der Waals surface area contributed by atoms with Crippen LogP contribution in [0, 0.1) is 13.8 Å². The molecule has 2 aromatic rings. The van der Waals surface area contributed by atoms with Crippen molar-refractivity contribution in [2.24, 2.45) is 0 Å². The van der Waals surface area contributed by atoms with E-state index in [1.165, 1.54) is 22.4 Å². The van der Waals surface area contributed by atoms with Gasteiger partial charge in [-0.3, -0.25) is 0 Å². The Bertz CT molecular complexity index is 541. The maximum atomic E-state index is 5.88. The molecule has 0 saturated carbocycles. The topological polar surface area (TPSA) is 29.3 Å². The lowest BCUT2D eigenvalue weighted by atomic mass is 10.0. The molecule has 0 aliphatic heterocycles. The Morgan fingerprint density at radius 3 is 2.21 bits per heavy atom. The summed E-state index contributed by atoms with van der Waals surface area (Å²) >= 11 is 0. The van der Waals surface area contributed by atoms with Crippen molar-refractivity contribution >= 4 is 11.4 Å². The van der Waals surface area contributed by atoms with E-state index < -0.39 is 0 Å². The summed E-state index contributed by atoms with van der Waals surface area (Å²) in [6, 6.07) is 14.6. The highest BCUT2D eigenvalue weighted by Crippen LogP contribution is 2.22. The molecular formula is C17H22N2. The highest BCUT2D eigenvalue weighted by Gasteiger charge is 2.09. The second-order valence-electron chi connectivity index (χ2n) is 4.98. The molecule has 100 valence electrons. The first-order valence-corrected chi connectivity index (χ1v) is 6.77. The van der Waals surface area contributed by atoms with Gasteiger partial charge in [0, 0.05) is 24.5 Å². The van der Waals surface area contributed by atoms with Crippen LogP contribution in [0.2, 0.25) is 0 Å². The van der Waals surface area contributed by atoms with Crippen LogP contribution in [0.4, 0.5) is 11.4 Å². The van der Waals surface area contributed by atoms with Gasteiger partial charge in [0.25, 0.3) is 0 Å². The van der Waals surface area contributed by atoms with Crippen molar-refractivity contribution in [3.63, 3.8) is 0 Å². The van der Waals surface area contributed by atoms with Crippen molar-refractivity contribution in [3.05, 3.63) is 59.2 Å². The van der Waals surface area contributed by atoms with E-state index in [1.807, 2.05) is 18.2 Å². The first-order valence-electron chi connectivity index (χ1n) is 6.77. The van der Waals surface area contributed by atoms with E-state index in [0.717, 1.165) is 18.8 Å². The number of nitrogens with two attached hydrogens (primary N) is 1. The molecule has 2 heteroatoms. The Labute approximate surface area is 115 Å². The molecule has 0 aromatic heterocycles. The van der Waals surface area contributed by atoms with Gasteiger partial charge in [0.05, 0.1) is 0 Å². The molecule has 0 atom stereocenters. The van der Waals surface area contributed by atoms with E-state index in [-0.39, 0.29) is 0 Å². The normalized spacial score (nSPS) is 10.5. The molecule has 0 spiro atoms. The summed E-state index contributed by atoms with van der Waals surface area (Å²) in [5, 5.41) is 0. The number of hydrogen-bond donors (Lipinski definition) is 1. The lowest BCUT2D eigenvalue weighted by Gasteiger charge is -2.25. The molecular weight excluding hydrogens is 232 g/mol. The molecule has 0 heterocycles. The molecule has 2 N–H and O–H groups in total. The van der Waals surface area contributed by atoms with E-state index in [4.69, 9.17) is 5.73 Å². The predicted octanol–water partition coefficient (Wildman–Crippen LogP) is 3.91. The second kappa shape index (κ2) is 5.79. The van der Waals surface area contributed by atoms with Crippen LogP contribution in [0.1, 0.15) is 23.6 Å². The minimum atomic E-state index is 0.817. The summed E-state index contributed by atoms with van der Waals surface area (Å²) in [6.45, 7) is 8.43. The van der Waals surface area contributed by atoms with Gasteiger partial charge >= 0.3 is 0 Å². The Morgan fingerprint density at radius 2 is 1.63 bits per heavy atom. The smallest absolute Gasteiger partial charge is 0.0434 e. The van der Waals surface area contributed by atoms with Gasteiger partial charge in [0.15, 0.2) is 0 Å². The number of nitrogen functional groups attached to an aromatic ring is 1. The van der Waals surface area contributed by atoms with Gasteiger partial charge in [0.2, 0.25) is 0 Å². The molecule has 2 rings (SSSR count). The van der Waals surface area contributed by atoms with Gasteiger partial charge in [-0.05, 0) is 55.7 Å². The first kappa shape index (κ1) is 13.5. The number of nitrogens with zero attached hydrogens (tertiary/aromatic N) is 1. The number of hydrogen-bond acceptors (Lipinski definition) is 2. The average molecular weight is 254 g/mol. The number of anilines is 2. The van der Waals surface area contributed by atoms with E-state index in [0.29, 0.717) is 0 Å². The summed E-state index contributed by atoms with van der Waals surface area (Å²) in [4.78, 5) is 2.35. The van der Waals surface area contributed by atoms with Gasteiger partial charge < -0.3 is 10.6 Å².